The average molecular weight is 304 g/mol. The van der Waals surface area contributed by atoms with Crippen LogP contribution >= 0.6 is 0 Å². The number of hydrogen-bond donors (Lipinski definition) is 1. The van der Waals surface area contributed by atoms with Gasteiger partial charge in [-0.1, -0.05) is 54.6 Å². The number of allylic oxidation sites excluding steroid dienone is 2. The van der Waals surface area contributed by atoms with Crippen LogP contribution in [-0.4, -0.2) is 23.9 Å². The van der Waals surface area contributed by atoms with Gasteiger partial charge in [0.1, 0.15) is 4.75 Å². The molecule has 112 valence electrons. The minimum absolute atomic E-state index is 0.0160. The Bertz CT molecular complexity index is 653. The molecule has 0 saturated heterocycles. The number of benzene rings is 1. The van der Waals surface area contributed by atoms with Crippen LogP contribution in [0.3, 0.4) is 0 Å². The van der Waals surface area contributed by atoms with Crippen molar-refractivity contribution in [1.82, 2.24) is 0 Å². The lowest BCUT2D eigenvalue weighted by molar-refractivity contribution is -0.00649. The highest BCUT2D eigenvalue weighted by Gasteiger charge is 2.58. The van der Waals surface area contributed by atoms with Crippen LogP contribution in [0.15, 0.2) is 54.6 Å². The molecule has 0 heterocycles. The van der Waals surface area contributed by atoms with Crippen LogP contribution in [0.4, 0.5) is 0 Å². The molecule has 0 unspecified atom stereocenters. The summed E-state index contributed by atoms with van der Waals surface area (Å²) in [6, 6.07) is 9.21. The Balaban J connectivity index is 2.03. The van der Waals surface area contributed by atoms with Gasteiger partial charge in [0.15, 0.2) is 9.84 Å². The second-order valence-electron chi connectivity index (χ2n) is 6.03. The lowest BCUT2D eigenvalue weighted by Gasteiger charge is -2.49. The van der Waals surface area contributed by atoms with Crippen molar-refractivity contribution >= 4 is 9.84 Å². The third-order valence-electron chi connectivity index (χ3n) is 4.78. The van der Waals surface area contributed by atoms with Crippen LogP contribution in [0.2, 0.25) is 0 Å². The van der Waals surface area contributed by atoms with E-state index in [2.05, 4.69) is 0 Å². The van der Waals surface area contributed by atoms with E-state index in [-0.39, 0.29) is 5.75 Å². The Labute approximate surface area is 125 Å². The van der Waals surface area contributed by atoms with Crippen molar-refractivity contribution in [2.45, 2.75) is 41.8 Å². The van der Waals surface area contributed by atoms with Gasteiger partial charge in [0.05, 0.1) is 11.4 Å². The van der Waals surface area contributed by atoms with Crippen molar-refractivity contribution in [3.63, 3.8) is 0 Å². The third kappa shape index (κ3) is 2.27. The molecule has 0 saturated carbocycles. The summed E-state index contributed by atoms with van der Waals surface area (Å²) in [5.41, 5.74) is -0.400. The lowest BCUT2D eigenvalue weighted by atomic mass is 9.71. The van der Waals surface area contributed by atoms with Crippen molar-refractivity contribution in [3.05, 3.63) is 60.2 Å². The molecule has 4 heteroatoms. The highest BCUT2D eigenvalue weighted by Crippen LogP contribution is 2.48. The van der Waals surface area contributed by atoms with Crippen LogP contribution in [0.25, 0.3) is 0 Å². The zero-order valence-corrected chi connectivity index (χ0v) is 12.7. The van der Waals surface area contributed by atoms with Crippen molar-refractivity contribution in [2.75, 3.05) is 0 Å². The summed E-state index contributed by atoms with van der Waals surface area (Å²) in [5.74, 6) is -0.0160. The normalized spacial score (nSPS) is 31.9. The second-order valence-corrected chi connectivity index (χ2v) is 8.33. The van der Waals surface area contributed by atoms with E-state index in [4.69, 9.17) is 0 Å². The van der Waals surface area contributed by atoms with Gasteiger partial charge >= 0.3 is 0 Å². The molecule has 1 aromatic carbocycles. The number of fused-ring (bicyclic) bond motifs is 1. The molecule has 0 fully saturated rings. The molecule has 0 aliphatic heterocycles. The van der Waals surface area contributed by atoms with Crippen molar-refractivity contribution in [2.24, 2.45) is 0 Å². The highest BCUT2D eigenvalue weighted by atomic mass is 32.2. The number of rotatable bonds is 3. The van der Waals surface area contributed by atoms with Gasteiger partial charge in [0.2, 0.25) is 0 Å². The first-order chi connectivity index (χ1) is 9.99. The van der Waals surface area contributed by atoms with Gasteiger partial charge in [-0.05, 0) is 31.2 Å². The molecule has 0 amide bonds. The predicted octanol–water partition coefficient (Wildman–Crippen LogP) is 2.77. The molecule has 2 aliphatic rings. The third-order valence-corrected chi connectivity index (χ3v) is 7.40. The Kier molecular flexibility index (Phi) is 3.54. The van der Waals surface area contributed by atoms with E-state index < -0.39 is 20.2 Å². The maximum atomic E-state index is 13.1. The maximum absolute atomic E-state index is 13.1. The van der Waals surface area contributed by atoms with Crippen molar-refractivity contribution < 1.29 is 13.5 Å². The smallest absolute Gasteiger partial charge is 0.163 e. The first-order valence-corrected chi connectivity index (χ1v) is 8.93. The maximum Gasteiger partial charge on any atom is 0.163 e. The molecule has 21 heavy (non-hydrogen) atoms. The summed E-state index contributed by atoms with van der Waals surface area (Å²) >= 11 is 0. The molecule has 1 N–H and O–H groups in total. The molecule has 2 aliphatic carbocycles. The van der Waals surface area contributed by atoms with Crippen LogP contribution in [0, 0.1) is 0 Å². The minimum atomic E-state index is -3.47. The summed E-state index contributed by atoms with van der Waals surface area (Å²) in [6.07, 6.45) is 9.19. The fourth-order valence-corrected chi connectivity index (χ4v) is 5.85. The van der Waals surface area contributed by atoms with E-state index in [9.17, 15) is 13.5 Å². The fourth-order valence-electron chi connectivity index (χ4n) is 3.50. The molecule has 0 aromatic heterocycles. The van der Waals surface area contributed by atoms with Crippen LogP contribution in [0.1, 0.15) is 31.2 Å². The fraction of sp³-hybridized carbons (Fsp3) is 0.412. The van der Waals surface area contributed by atoms with E-state index in [1.54, 1.807) is 0 Å². The molecule has 1 aromatic rings. The molecular formula is C17H20O3S. The van der Waals surface area contributed by atoms with Gasteiger partial charge in [-0.2, -0.15) is 0 Å². The standard InChI is InChI=1S/C17H20O3S/c18-16-10-4-6-12-17(16,13-7-5-11-16)21(19,20)14-15-8-2-1-3-9-15/h1-9,18H,10-14H2. The van der Waals surface area contributed by atoms with Gasteiger partial charge in [-0.3, -0.25) is 0 Å². The Morgan fingerprint density at radius 1 is 0.905 bits per heavy atom. The molecule has 0 radical (unpaired) electrons. The number of sulfone groups is 1. The van der Waals surface area contributed by atoms with E-state index in [0.29, 0.717) is 25.7 Å². The van der Waals surface area contributed by atoms with Crippen LogP contribution < -0.4 is 0 Å². The largest absolute Gasteiger partial charge is 0.388 e. The summed E-state index contributed by atoms with van der Waals surface area (Å²) in [5, 5.41) is 11.0. The van der Waals surface area contributed by atoms with Crippen molar-refractivity contribution in [1.29, 1.82) is 0 Å². The SMILES string of the molecule is O=S(=O)(Cc1ccccc1)C12CC=CCC1(O)CC=CC2. The lowest BCUT2D eigenvalue weighted by Crippen LogP contribution is -2.60. The van der Waals surface area contributed by atoms with Gasteiger partial charge in [0, 0.05) is 0 Å². The zero-order chi connectivity index (χ0) is 15.0. The van der Waals surface area contributed by atoms with Gasteiger partial charge in [0.25, 0.3) is 0 Å². The Morgan fingerprint density at radius 2 is 1.43 bits per heavy atom. The summed E-state index contributed by atoms with van der Waals surface area (Å²) in [7, 11) is -3.47. The van der Waals surface area contributed by atoms with Crippen LogP contribution in [-0.2, 0) is 15.6 Å². The quantitative estimate of drug-likeness (QED) is 0.874. The zero-order valence-electron chi connectivity index (χ0n) is 11.9. The molecule has 0 bridgehead atoms. The minimum Gasteiger partial charge on any atom is -0.388 e. The number of aliphatic hydroxyl groups is 1. The first kappa shape index (κ1) is 14.5. The van der Waals surface area contributed by atoms with Crippen LogP contribution in [0.5, 0.6) is 0 Å². The Hall–Kier alpha value is -1.39. The molecular weight excluding hydrogens is 284 g/mol. The number of hydrogen-bond acceptors (Lipinski definition) is 3. The first-order valence-electron chi connectivity index (χ1n) is 7.28. The summed E-state index contributed by atoms with van der Waals surface area (Å²) in [4.78, 5) is 0. The monoisotopic (exact) mass is 304 g/mol. The highest BCUT2D eigenvalue weighted by molar-refractivity contribution is 7.92. The average Bonchev–Trinajstić information content (AvgIpc) is 2.47. The second kappa shape index (κ2) is 5.11. The molecule has 0 atom stereocenters. The van der Waals surface area contributed by atoms with Crippen molar-refractivity contribution in [3.8, 4) is 0 Å². The van der Waals surface area contributed by atoms with E-state index >= 15 is 0 Å². The van der Waals surface area contributed by atoms with Gasteiger partial charge in [-0.25, -0.2) is 8.42 Å². The van der Waals surface area contributed by atoms with E-state index in [1.165, 1.54) is 0 Å². The van der Waals surface area contributed by atoms with E-state index in [1.807, 2.05) is 54.6 Å². The molecule has 0 spiro atoms. The summed E-state index contributed by atoms with van der Waals surface area (Å²) < 4.78 is 25.1. The topological polar surface area (TPSA) is 54.4 Å². The molecule has 3 rings (SSSR count). The van der Waals surface area contributed by atoms with Gasteiger partial charge < -0.3 is 5.11 Å². The van der Waals surface area contributed by atoms with E-state index in [0.717, 1.165) is 5.56 Å². The predicted molar refractivity (Wildman–Crippen MR) is 83.5 cm³/mol. The van der Waals surface area contributed by atoms with Gasteiger partial charge in [-0.15, -0.1) is 0 Å². The Morgan fingerprint density at radius 3 is 2.00 bits per heavy atom. The summed E-state index contributed by atoms with van der Waals surface area (Å²) in [6.45, 7) is 0. The molecule has 3 nitrogen and oxygen atoms in total.